The Balaban J connectivity index is 1.93. The lowest BCUT2D eigenvalue weighted by atomic mass is 9.95. The SMILES string of the molecule is CCOc1ccc(C(NC(=O)c2cnc3cc(C)ccn3c2=O)C(C)C)cc1OCC. The molecular formula is C24H29N3O4. The molecule has 0 fully saturated rings. The van der Waals surface area contributed by atoms with Crippen LogP contribution >= 0.6 is 0 Å². The predicted molar refractivity (Wildman–Crippen MR) is 120 cm³/mol. The monoisotopic (exact) mass is 423 g/mol. The van der Waals surface area contributed by atoms with Gasteiger partial charge in [-0.2, -0.15) is 0 Å². The summed E-state index contributed by atoms with van der Waals surface area (Å²) >= 11 is 0. The van der Waals surface area contributed by atoms with Crippen molar-refractivity contribution in [1.82, 2.24) is 14.7 Å². The number of hydrogen-bond donors (Lipinski definition) is 1. The molecule has 2 aromatic heterocycles. The maximum atomic E-state index is 13.0. The Morgan fingerprint density at radius 1 is 1.10 bits per heavy atom. The van der Waals surface area contributed by atoms with Crippen molar-refractivity contribution in [2.45, 2.75) is 40.7 Å². The van der Waals surface area contributed by atoms with Crippen LogP contribution in [-0.2, 0) is 0 Å². The molecule has 0 bridgehead atoms. The topological polar surface area (TPSA) is 81.9 Å². The van der Waals surface area contributed by atoms with Crippen LogP contribution in [-0.4, -0.2) is 28.5 Å². The molecule has 2 heterocycles. The number of carbonyl (C=O) groups is 1. The molecule has 1 amide bonds. The number of hydrogen-bond acceptors (Lipinski definition) is 5. The fraction of sp³-hybridized carbons (Fsp3) is 0.375. The van der Waals surface area contributed by atoms with Gasteiger partial charge in [-0.1, -0.05) is 19.9 Å². The van der Waals surface area contributed by atoms with Crippen molar-refractivity contribution in [3.63, 3.8) is 0 Å². The highest BCUT2D eigenvalue weighted by molar-refractivity contribution is 5.94. The molecule has 7 heteroatoms. The van der Waals surface area contributed by atoms with E-state index < -0.39 is 11.5 Å². The fourth-order valence-corrected chi connectivity index (χ4v) is 3.45. The Bertz CT molecular complexity index is 1140. The molecule has 0 spiro atoms. The molecule has 1 atom stereocenters. The van der Waals surface area contributed by atoms with Crippen LogP contribution in [0.25, 0.3) is 5.65 Å². The van der Waals surface area contributed by atoms with E-state index >= 15 is 0 Å². The maximum Gasteiger partial charge on any atom is 0.270 e. The summed E-state index contributed by atoms with van der Waals surface area (Å²) in [5.74, 6) is 0.909. The number of nitrogens with zero attached hydrogens (tertiary/aromatic N) is 2. The third-order valence-electron chi connectivity index (χ3n) is 4.99. The first-order valence-electron chi connectivity index (χ1n) is 10.5. The smallest absolute Gasteiger partial charge is 0.270 e. The highest BCUT2D eigenvalue weighted by Crippen LogP contribution is 2.33. The summed E-state index contributed by atoms with van der Waals surface area (Å²) in [5, 5.41) is 3.00. The first-order chi connectivity index (χ1) is 14.8. The highest BCUT2D eigenvalue weighted by Gasteiger charge is 2.23. The van der Waals surface area contributed by atoms with E-state index in [4.69, 9.17) is 9.47 Å². The summed E-state index contributed by atoms with van der Waals surface area (Å²) in [4.78, 5) is 30.2. The van der Waals surface area contributed by atoms with E-state index in [0.717, 1.165) is 11.1 Å². The average molecular weight is 424 g/mol. The fourth-order valence-electron chi connectivity index (χ4n) is 3.45. The maximum absolute atomic E-state index is 13.0. The number of benzene rings is 1. The Morgan fingerprint density at radius 2 is 1.81 bits per heavy atom. The molecule has 1 unspecified atom stereocenters. The van der Waals surface area contributed by atoms with Crippen molar-refractivity contribution in [3.8, 4) is 11.5 Å². The van der Waals surface area contributed by atoms with Crippen molar-refractivity contribution in [2.24, 2.45) is 5.92 Å². The van der Waals surface area contributed by atoms with Crippen molar-refractivity contribution in [2.75, 3.05) is 13.2 Å². The van der Waals surface area contributed by atoms with Crippen LogP contribution in [0.3, 0.4) is 0 Å². The average Bonchev–Trinajstić information content (AvgIpc) is 2.73. The summed E-state index contributed by atoms with van der Waals surface area (Å²) in [6.07, 6.45) is 2.98. The van der Waals surface area contributed by atoms with Gasteiger partial charge in [-0.05, 0) is 62.1 Å². The third kappa shape index (κ3) is 4.87. The summed E-state index contributed by atoms with van der Waals surface area (Å²) in [6, 6.07) is 8.93. The Kier molecular flexibility index (Phi) is 6.95. The highest BCUT2D eigenvalue weighted by atomic mass is 16.5. The molecule has 3 aromatic rings. The quantitative estimate of drug-likeness (QED) is 0.594. The summed E-state index contributed by atoms with van der Waals surface area (Å²) in [5.41, 5.74) is 1.98. The zero-order valence-electron chi connectivity index (χ0n) is 18.6. The van der Waals surface area contributed by atoms with E-state index in [1.54, 1.807) is 12.3 Å². The van der Waals surface area contributed by atoms with E-state index in [1.807, 2.05) is 58.9 Å². The predicted octanol–water partition coefficient (Wildman–Crippen LogP) is 3.93. The second-order valence-corrected chi connectivity index (χ2v) is 7.68. The van der Waals surface area contributed by atoms with Gasteiger partial charge in [0.1, 0.15) is 11.2 Å². The number of aryl methyl sites for hydroxylation is 1. The van der Waals surface area contributed by atoms with E-state index in [0.29, 0.717) is 30.4 Å². The largest absolute Gasteiger partial charge is 0.490 e. The second kappa shape index (κ2) is 9.64. The number of aromatic nitrogens is 2. The molecule has 0 aliphatic heterocycles. The first-order valence-corrected chi connectivity index (χ1v) is 10.5. The molecule has 0 saturated carbocycles. The summed E-state index contributed by atoms with van der Waals surface area (Å²) < 4.78 is 12.7. The molecule has 0 aliphatic carbocycles. The first kappa shape index (κ1) is 22.3. The van der Waals surface area contributed by atoms with Gasteiger partial charge in [-0.3, -0.25) is 14.0 Å². The molecule has 1 N–H and O–H groups in total. The Labute approximate surface area is 182 Å². The number of carbonyl (C=O) groups excluding carboxylic acids is 1. The van der Waals surface area contributed by atoms with Gasteiger partial charge >= 0.3 is 0 Å². The Morgan fingerprint density at radius 3 is 2.48 bits per heavy atom. The zero-order valence-corrected chi connectivity index (χ0v) is 18.6. The molecule has 0 saturated heterocycles. The van der Waals surface area contributed by atoms with Gasteiger partial charge in [-0.15, -0.1) is 0 Å². The van der Waals surface area contributed by atoms with Crippen molar-refractivity contribution < 1.29 is 14.3 Å². The molecule has 0 aliphatic rings. The number of ether oxygens (including phenoxy) is 2. The minimum atomic E-state index is -0.460. The van der Waals surface area contributed by atoms with Crippen LogP contribution in [0.4, 0.5) is 0 Å². The van der Waals surface area contributed by atoms with Gasteiger partial charge in [0.2, 0.25) is 0 Å². The van der Waals surface area contributed by atoms with Crippen molar-refractivity contribution >= 4 is 11.6 Å². The number of fused-ring (bicyclic) bond motifs is 1. The molecule has 31 heavy (non-hydrogen) atoms. The molecule has 3 rings (SSSR count). The van der Waals surface area contributed by atoms with E-state index in [2.05, 4.69) is 10.3 Å². The lowest BCUT2D eigenvalue weighted by Crippen LogP contribution is -2.36. The van der Waals surface area contributed by atoms with Gasteiger partial charge in [0.25, 0.3) is 11.5 Å². The lowest BCUT2D eigenvalue weighted by Gasteiger charge is -2.24. The molecular weight excluding hydrogens is 394 g/mol. The van der Waals surface area contributed by atoms with Crippen LogP contribution < -0.4 is 20.3 Å². The Hall–Kier alpha value is -3.35. The number of rotatable bonds is 8. The van der Waals surface area contributed by atoms with E-state index in [1.165, 1.54) is 10.6 Å². The summed E-state index contributed by atoms with van der Waals surface area (Å²) in [7, 11) is 0. The minimum Gasteiger partial charge on any atom is -0.490 e. The van der Waals surface area contributed by atoms with Crippen LogP contribution in [0, 0.1) is 12.8 Å². The van der Waals surface area contributed by atoms with Crippen molar-refractivity contribution in [3.05, 3.63) is 69.8 Å². The van der Waals surface area contributed by atoms with Gasteiger partial charge in [0.15, 0.2) is 11.5 Å². The second-order valence-electron chi connectivity index (χ2n) is 7.68. The molecule has 7 nitrogen and oxygen atoms in total. The van der Waals surface area contributed by atoms with Crippen LogP contribution in [0.5, 0.6) is 11.5 Å². The van der Waals surface area contributed by atoms with E-state index in [-0.39, 0.29) is 17.5 Å². The van der Waals surface area contributed by atoms with Gasteiger partial charge in [0.05, 0.1) is 19.3 Å². The molecule has 1 aromatic carbocycles. The lowest BCUT2D eigenvalue weighted by molar-refractivity contribution is 0.0923. The van der Waals surface area contributed by atoms with Crippen LogP contribution in [0.15, 0.2) is 47.5 Å². The number of nitrogens with one attached hydrogen (secondary N) is 1. The normalized spacial score (nSPS) is 12.1. The summed E-state index contributed by atoms with van der Waals surface area (Å²) in [6.45, 7) is 10.8. The number of pyridine rings is 1. The standard InChI is InChI=1S/C24H29N3O4/c1-6-30-19-9-8-17(13-20(19)31-7-2)22(15(3)4)26-23(28)18-14-25-21-12-16(5)10-11-27(21)24(18)29/h8-15,22H,6-7H2,1-5H3,(H,26,28). The molecule has 164 valence electrons. The number of amides is 1. The third-order valence-corrected chi connectivity index (χ3v) is 4.99. The molecule has 0 radical (unpaired) electrons. The van der Waals surface area contributed by atoms with Gasteiger partial charge in [0, 0.05) is 12.4 Å². The van der Waals surface area contributed by atoms with E-state index in [9.17, 15) is 9.59 Å². The van der Waals surface area contributed by atoms with Crippen LogP contribution in [0.1, 0.15) is 55.2 Å². The van der Waals surface area contributed by atoms with Gasteiger partial charge in [-0.25, -0.2) is 4.98 Å². The van der Waals surface area contributed by atoms with Gasteiger partial charge < -0.3 is 14.8 Å². The van der Waals surface area contributed by atoms with Crippen LogP contribution in [0.2, 0.25) is 0 Å². The zero-order chi connectivity index (χ0) is 22.5. The minimum absolute atomic E-state index is 0.00275. The van der Waals surface area contributed by atoms with Crippen molar-refractivity contribution in [1.29, 1.82) is 0 Å².